The highest BCUT2D eigenvalue weighted by Crippen LogP contribution is 2.28. The van der Waals surface area contributed by atoms with Crippen LogP contribution >= 0.6 is 11.6 Å². The minimum atomic E-state index is 0.0259. The molecule has 2 unspecified atom stereocenters. The lowest BCUT2D eigenvalue weighted by Gasteiger charge is -2.37. The molecule has 1 aliphatic rings. The number of methoxy groups -OCH3 is 1. The van der Waals surface area contributed by atoms with Crippen molar-refractivity contribution in [3.8, 4) is 5.75 Å². The summed E-state index contributed by atoms with van der Waals surface area (Å²) in [5.41, 5.74) is 2.23. The zero-order chi connectivity index (χ0) is 18.5. The number of nitrogens with zero attached hydrogens (tertiary/aromatic N) is 1. The summed E-state index contributed by atoms with van der Waals surface area (Å²) in [6.45, 7) is 4.38. The van der Waals surface area contributed by atoms with Crippen molar-refractivity contribution in [2.75, 3.05) is 26.7 Å². The fraction of sp³-hybridized carbons (Fsp3) is 0.381. The summed E-state index contributed by atoms with van der Waals surface area (Å²) in [5.74, 6) is 1.17. The Hall–Kier alpha value is -2.04. The molecule has 0 spiro atoms. The average Bonchev–Trinajstić information content (AvgIpc) is 2.68. The van der Waals surface area contributed by atoms with Gasteiger partial charge >= 0.3 is 0 Å². The van der Waals surface area contributed by atoms with Crippen LogP contribution in [0.4, 0.5) is 0 Å². The van der Waals surface area contributed by atoms with Crippen molar-refractivity contribution in [2.45, 2.75) is 25.3 Å². The van der Waals surface area contributed by atoms with Gasteiger partial charge in [0.1, 0.15) is 5.75 Å². The molecule has 1 N–H and O–H groups in total. The minimum absolute atomic E-state index is 0.0259. The van der Waals surface area contributed by atoms with Crippen molar-refractivity contribution in [2.24, 2.45) is 0 Å². The summed E-state index contributed by atoms with van der Waals surface area (Å²) in [5, 5.41) is 4.09. The van der Waals surface area contributed by atoms with E-state index in [1.165, 1.54) is 0 Å². The standard InChI is InChI=1S/C21H25ClN2O2/c1-15(16-6-8-19(26-2)9-7-16)12-21(25)24-11-10-23-14-20(24)17-4-3-5-18(22)13-17/h3-9,13,15,20,23H,10-12,14H2,1-2H3. The van der Waals surface area contributed by atoms with E-state index < -0.39 is 0 Å². The summed E-state index contributed by atoms with van der Waals surface area (Å²) in [6.07, 6.45) is 0.489. The molecule has 2 atom stereocenters. The Bertz CT molecular complexity index is 748. The third kappa shape index (κ3) is 4.37. The van der Waals surface area contributed by atoms with Crippen LogP contribution in [0.15, 0.2) is 48.5 Å². The van der Waals surface area contributed by atoms with E-state index >= 15 is 0 Å². The number of amides is 1. The van der Waals surface area contributed by atoms with E-state index in [0.29, 0.717) is 18.0 Å². The van der Waals surface area contributed by atoms with Crippen molar-refractivity contribution in [1.82, 2.24) is 10.2 Å². The number of carbonyl (C=O) groups is 1. The van der Waals surface area contributed by atoms with E-state index in [2.05, 4.69) is 12.2 Å². The molecule has 5 heteroatoms. The normalized spacial score (nSPS) is 18.4. The van der Waals surface area contributed by atoms with Crippen molar-refractivity contribution in [1.29, 1.82) is 0 Å². The minimum Gasteiger partial charge on any atom is -0.497 e. The largest absolute Gasteiger partial charge is 0.497 e. The van der Waals surface area contributed by atoms with Gasteiger partial charge in [0.25, 0.3) is 0 Å². The lowest BCUT2D eigenvalue weighted by Crippen LogP contribution is -2.48. The maximum atomic E-state index is 13.0. The first kappa shape index (κ1) is 18.7. The van der Waals surface area contributed by atoms with Crippen molar-refractivity contribution in [3.63, 3.8) is 0 Å². The van der Waals surface area contributed by atoms with E-state index in [9.17, 15) is 4.79 Å². The van der Waals surface area contributed by atoms with Gasteiger partial charge in [-0.15, -0.1) is 0 Å². The number of halogens is 1. The van der Waals surface area contributed by atoms with Crippen molar-refractivity contribution in [3.05, 3.63) is 64.7 Å². The molecule has 3 rings (SSSR count). The van der Waals surface area contributed by atoms with E-state index in [-0.39, 0.29) is 17.9 Å². The summed E-state index contributed by atoms with van der Waals surface area (Å²) >= 11 is 6.15. The molecule has 1 saturated heterocycles. The van der Waals surface area contributed by atoms with E-state index in [1.807, 2.05) is 53.4 Å². The Morgan fingerprint density at radius 1 is 1.31 bits per heavy atom. The number of rotatable bonds is 5. The monoisotopic (exact) mass is 372 g/mol. The van der Waals surface area contributed by atoms with Crippen molar-refractivity contribution >= 4 is 17.5 Å². The van der Waals surface area contributed by atoms with E-state index in [1.54, 1.807) is 7.11 Å². The van der Waals surface area contributed by atoms with Crippen LogP contribution in [0.25, 0.3) is 0 Å². The van der Waals surface area contributed by atoms with Gasteiger partial charge in [-0.2, -0.15) is 0 Å². The molecule has 26 heavy (non-hydrogen) atoms. The van der Waals surface area contributed by atoms with Gasteiger partial charge in [-0.25, -0.2) is 0 Å². The van der Waals surface area contributed by atoms with Crippen LogP contribution in [0.5, 0.6) is 5.75 Å². The molecule has 1 aliphatic heterocycles. The van der Waals surface area contributed by atoms with Gasteiger partial charge < -0.3 is 15.0 Å². The number of hydrogen-bond acceptors (Lipinski definition) is 3. The first-order chi connectivity index (χ1) is 12.6. The topological polar surface area (TPSA) is 41.6 Å². The molecule has 2 aromatic carbocycles. The summed E-state index contributed by atoms with van der Waals surface area (Å²) in [4.78, 5) is 15.0. The fourth-order valence-electron chi connectivity index (χ4n) is 3.44. The van der Waals surface area contributed by atoms with Crippen LogP contribution in [-0.4, -0.2) is 37.6 Å². The Morgan fingerprint density at radius 3 is 2.77 bits per heavy atom. The highest BCUT2D eigenvalue weighted by molar-refractivity contribution is 6.30. The molecule has 1 amide bonds. The number of hydrogen-bond donors (Lipinski definition) is 1. The molecule has 0 radical (unpaired) electrons. The first-order valence-corrected chi connectivity index (χ1v) is 9.36. The molecule has 138 valence electrons. The van der Waals surface area contributed by atoms with Gasteiger partial charge in [-0.1, -0.05) is 42.8 Å². The second kappa shape index (κ2) is 8.56. The van der Waals surface area contributed by atoms with E-state index in [0.717, 1.165) is 30.0 Å². The fourth-order valence-corrected chi connectivity index (χ4v) is 3.64. The maximum Gasteiger partial charge on any atom is 0.223 e. The van der Waals surface area contributed by atoms with Crippen LogP contribution in [0.3, 0.4) is 0 Å². The molecule has 0 saturated carbocycles. The Kier molecular flexibility index (Phi) is 6.17. The van der Waals surface area contributed by atoms with Crippen LogP contribution in [0.2, 0.25) is 5.02 Å². The second-order valence-electron chi connectivity index (χ2n) is 6.74. The molecule has 0 aromatic heterocycles. The number of nitrogens with one attached hydrogen (secondary N) is 1. The molecular formula is C21H25ClN2O2. The van der Waals surface area contributed by atoms with Crippen LogP contribution in [0.1, 0.15) is 36.4 Å². The Morgan fingerprint density at radius 2 is 2.08 bits per heavy atom. The first-order valence-electron chi connectivity index (χ1n) is 8.98. The lowest BCUT2D eigenvalue weighted by atomic mass is 9.95. The van der Waals surface area contributed by atoms with Gasteiger partial charge in [-0.3, -0.25) is 4.79 Å². The highest BCUT2D eigenvalue weighted by Gasteiger charge is 2.28. The number of benzene rings is 2. The summed E-state index contributed by atoms with van der Waals surface area (Å²) in [7, 11) is 1.66. The van der Waals surface area contributed by atoms with Crippen molar-refractivity contribution < 1.29 is 9.53 Å². The molecule has 1 fully saturated rings. The molecule has 4 nitrogen and oxygen atoms in total. The van der Waals surface area contributed by atoms with Crippen LogP contribution in [0, 0.1) is 0 Å². The van der Waals surface area contributed by atoms with E-state index in [4.69, 9.17) is 16.3 Å². The maximum absolute atomic E-state index is 13.0. The zero-order valence-electron chi connectivity index (χ0n) is 15.2. The van der Waals surface area contributed by atoms with Gasteiger partial charge in [-0.05, 0) is 41.3 Å². The third-order valence-corrected chi connectivity index (χ3v) is 5.20. The van der Waals surface area contributed by atoms with Gasteiger partial charge in [0.15, 0.2) is 0 Å². The van der Waals surface area contributed by atoms with Crippen LogP contribution < -0.4 is 10.1 Å². The second-order valence-corrected chi connectivity index (χ2v) is 7.18. The third-order valence-electron chi connectivity index (χ3n) is 4.96. The summed E-state index contributed by atoms with van der Waals surface area (Å²) < 4.78 is 5.20. The molecule has 0 aliphatic carbocycles. The molecule has 0 bridgehead atoms. The number of piperazine rings is 1. The smallest absolute Gasteiger partial charge is 0.223 e. The quantitative estimate of drug-likeness (QED) is 0.862. The lowest BCUT2D eigenvalue weighted by molar-refractivity contribution is -0.134. The zero-order valence-corrected chi connectivity index (χ0v) is 16.0. The van der Waals surface area contributed by atoms with Gasteiger partial charge in [0, 0.05) is 31.1 Å². The molecular weight excluding hydrogens is 348 g/mol. The summed E-state index contributed by atoms with van der Waals surface area (Å²) in [6, 6.07) is 15.8. The predicted octanol–water partition coefficient (Wildman–Crippen LogP) is 4.02. The average molecular weight is 373 g/mol. The molecule has 1 heterocycles. The Labute approximate surface area is 160 Å². The van der Waals surface area contributed by atoms with Gasteiger partial charge in [0.2, 0.25) is 5.91 Å². The highest BCUT2D eigenvalue weighted by atomic mass is 35.5. The van der Waals surface area contributed by atoms with Gasteiger partial charge in [0.05, 0.1) is 13.2 Å². The number of ether oxygens (including phenoxy) is 1. The predicted molar refractivity (Wildman–Crippen MR) is 105 cm³/mol. The SMILES string of the molecule is COc1ccc(C(C)CC(=O)N2CCNCC2c2cccc(Cl)c2)cc1. The Balaban J connectivity index is 1.71. The van der Waals surface area contributed by atoms with Crippen LogP contribution in [-0.2, 0) is 4.79 Å². The number of carbonyl (C=O) groups excluding carboxylic acids is 1. The molecule has 2 aromatic rings.